The highest BCUT2D eigenvalue weighted by atomic mass is 32.2. The van der Waals surface area contributed by atoms with Gasteiger partial charge in [-0.25, -0.2) is 0 Å². The van der Waals surface area contributed by atoms with Gasteiger partial charge in [-0.2, -0.15) is 0 Å². The second kappa shape index (κ2) is 9.93. The molecule has 27 heavy (non-hydrogen) atoms. The molecule has 2 aromatic carbocycles. The van der Waals surface area contributed by atoms with Crippen LogP contribution >= 0.6 is 11.8 Å². The van der Waals surface area contributed by atoms with Gasteiger partial charge in [0.1, 0.15) is 0 Å². The number of carbonyl (C=O) groups excluding carboxylic acids is 1. The zero-order chi connectivity index (χ0) is 19.1. The van der Waals surface area contributed by atoms with E-state index in [1.807, 2.05) is 35.2 Å². The molecule has 0 spiro atoms. The van der Waals surface area contributed by atoms with E-state index in [0.29, 0.717) is 11.5 Å². The highest BCUT2D eigenvalue weighted by Crippen LogP contribution is 2.18. The summed E-state index contributed by atoms with van der Waals surface area (Å²) in [4.78, 5) is 16.8. The predicted octanol–water partition coefficient (Wildman–Crippen LogP) is 3.11. The maximum absolute atomic E-state index is 12.4. The number of rotatable bonds is 7. The summed E-state index contributed by atoms with van der Waals surface area (Å²) in [6.07, 6.45) is -0.518. The molecule has 3 rings (SSSR count). The van der Waals surface area contributed by atoms with Gasteiger partial charge < -0.3 is 10.0 Å². The number of aliphatic hydroxyl groups excluding tert-OH is 1. The summed E-state index contributed by atoms with van der Waals surface area (Å²) < 4.78 is 0. The van der Waals surface area contributed by atoms with Crippen molar-refractivity contribution in [2.45, 2.75) is 19.6 Å². The summed E-state index contributed by atoms with van der Waals surface area (Å²) in [5.74, 6) is 1.15. The van der Waals surface area contributed by atoms with Crippen molar-refractivity contribution in [2.24, 2.45) is 0 Å². The van der Waals surface area contributed by atoms with Crippen LogP contribution in [0.2, 0.25) is 0 Å². The summed E-state index contributed by atoms with van der Waals surface area (Å²) in [5, 5.41) is 10.2. The predicted molar refractivity (Wildman–Crippen MR) is 112 cm³/mol. The fourth-order valence-corrected chi connectivity index (χ4v) is 4.24. The zero-order valence-corrected chi connectivity index (χ0v) is 16.7. The van der Waals surface area contributed by atoms with E-state index in [0.717, 1.165) is 38.3 Å². The van der Waals surface area contributed by atoms with E-state index < -0.39 is 6.10 Å². The Morgan fingerprint density at radius 1 is 1.07 bits per heavy atom. The van der Waals surface area contributed by atoms with Crippen LogP contribution in [0.5, 0.6) is 0 Å². The van der Waals surface area contributed by atoms with E-state index in [4.69, 9.17) is 0 Å². The number of thioether (sulfide) groups is 1. The molecule has 0 aliphatic carbocycles. The van der Waals surface area contributed by atoms with Gasteiger partial charge in [0, 0.05) is 38.5 Å². The van der Waals surface area contributed by atoms with Crippen LogP contribution in [-0.2, 0) is 11.3 Å². The van der Waals surface area contributed by atoms with Gasteiger partial charge in [0.25, 0.3) is 0 Å². The lowest BCUT2D eigenvalue weighted by molar-refractivity contribution is -0.130. The Bertz CT molecular complexity index is 730. The molecule has 0 bridgehead atoms. The van der Waals surface area contributed by atoms with E-state index >= 15 is 0 Å². The van der Waals surface area contributed by atoms with Gasteiger partial charge in [-0.15, -0.1) is 11.8 Å². The van der Waals surface area contributed by atoms with Gasteiger partial charge >= 0.3 is 0 Å². The number of amides is 1. The fourth-order valence-electron chi connectivity index (χ4n) is 3.34. The lowest BCUT2D eigenvalue weighted by Gasteiger charge is -2.34. The van der Waals surface area contributed by atoms with Gasteiger partial charge in [0.05, 0.1) is 11.9 Å². The average molecular weight is 385 g/mol. The van der Waals surface area contributed by atoms with Crippen LogP contribution in [0.1, 0.15) is 22.8 Å². The summed E-state index contributed by atoms with van der Waals surface area (Å²) in [6.45, 7) is 6.46. The normalized spacial score (nSPS) is 16.3. The SMILES string of the molecule is Cc1cccc(CN2CCN(C(=O)CSCC(O)c3ccccc3)CC2)c1. The fraction of sp³-hybridized carbons (Fsp3) is 0.409. The number of hydrogen-bond acceptors (Lipinski definition) is 4. The molecule has 0 aromatic heterocycles. The van der Waals surface area contributed by atoms with Crippen molar-refractivity contribution in [2.75, 3.05) is 37.7 Å². The molecule has 1 aliphatic rings. The summed E-state index contributed by atoms with van der Waals surface area (Å²) >= 11 is 1.51. The molecule has 144 valence electrons. The topological polar surface area (TPSA) is 43.8 Å². The highest BCUT2D eigenvalue weighted by molar-refractivity contribution is 7.99. The van der Waals surface area contributed by atoms with E-state index in [-0.39, 0.29) is 5.91 Å². The molecule has 0 saturated carbocycles. The first kappa shape index (κ1) is 19.9. The monoisotopic (exact) mass is 384 g/mol. The van der Waals surface area contributed by atoms with Crippen molar-refractivity contribution in [3.05, 3.63) is 71.3 Å². The van der Waals surface area contributed by atoms with Gasteiger partial charge in [0.2, 0.25) is 5.91 Å². The zero-order valence-electron chi connectivity index (χ0n) is 15.9. The van der Waals surface area contributed by atoms with Gasteiger partial charge in [-0.1, -0.05) is 60.2 Å². The molecule has 1 heterocycles. The van der Waals surface area contributed by atoms with Crippen molar-refractivity contribution >= 4 is 17.7 Å². The first-order chi connectivity index (χ1) is 13.1. The third-order valence-electron chi connectivity index (χ3n) is 4.90. The standard InChI is InChI=1S/C22H28N2O2S/c1-18-6-5-7-19(14-18)15-23-10-12-24(13-11-23)22(26)17-27-16-21(25)20-8-3-2-4-9-20/h2-9,14,21,25H,10-13,15-17H2,1H3. The minimum atomic E-state index is -0.518. The van der Waals surface area contributed by atoms with Crippen LogP contribution in [-0.4, -0.2) is 58.5 Å². The number of benzene rings is 2. The Balaban J connectivity index is 1.37. The molecular formula is C22H28N2O2S. The lowest BCUT2D eigenvalue weighted by atomic mass is 10.1. The van der Waals surface area contributed by atoms with E-state index in [2.05, 4.69) is 36.1 Å². The average Bonchev–Trinajstić information content (AvgIpc) is 2.69. The largest absolute Gasteiger partial charge is 0.388 e. The Hall–Kier alpha value is -1.82. The molecule has 1 fully saturated rings. The number of hydrogen-bond donors (Lipinski definition) is 1. The molecule has 1 atom stereocenters. The molecule has 1 N–H and O–H groups in total. The number of aliphatic hydroxyl groups is 1. The number of piperazine rings is 1. The Kier molecular flexibility index (Phi) is 7.33. The maximum Gasteiger partial charge on any atom is 0.232 e. The molecule has 1 amide bonds. The van der Waals surface area contributed by atoms with Gasteiger partial charge in [0.15, 0.2) is 0 Å². The first-order valence-electron chi connectivity index (χ1n) is 9.48. The molecule has 4 nitrogen and oxygen atoms in total. The Morgan fingerprint density at radius 2 is 1.81 bits per heavy atom. The van der Waals surface area contributed by atoms with Gasteiger partial charge in [-0.3, -0.25) is 9.69 Å². The molecule has 1 saturated heterocycles. The third kappa shape index (κ3) is 6.09. The first-order valence-corrected chi connectivity index (χ1v) is 10.6. The summed E-state index contributed by atoms with van der Waals surface area (Å²) in [6, 6.07) is 18.2. The van der Waals surface area contributed by atoms with Crippen LogP contribution in [0.25, 0.3) is 0 Å². The second-order valence-corrected chi connectivity index (χ2v) is 8.12. The number of nitrogens with zero attached hydrogens (tertiary/aromatic N) is 2. The van der Waals surface area contributed by atoms with Crippen LogP contribution in [0.15, 0.2) is 54.6 Å². The van der Waals surface area contributed by atoms with Crippen LogP contribution in [0.4, 0.5) is 0 Å². The summed E-state index contributed by atoms with van der Waals surface area (Å²) in [5.41, 5.74) is 3.53. The van der Waals surface area contributed by atoms with E-state index in [1.165, 1.54) is 22.9 Å². The van der Waals surface area contributed by atoms with Crippen molar-refractivity contribution in [3.8, 4) is 0 Å². The molecule has 0 radical (unpaired) electrons. The van der Waals surface area contributed by atoms with Crippen LogP contribution < -0.4 is 0 Å². The van der Waals surface area contributed by atoms with Crippen molar-refractivity contribution in [3.63, 3.8) is 0 Å². The molecule has 2 aromatic rings. The smallest absolute Gasteiger partial charge is 0.232 e. The Labute approximate surface area is 166 Å². The molecule has 1 unspecified atom stereocenters. The van der Waals surface area contributed by atoms with Crippen LogP contribution in [0, 0.1) is 6.92 Å². The third-order valence-corrected chi connectivity index (χ3v) is 5.90. The minimum Gasteiger partial charge on any atom is -0.388 e. The summed E-state index contributed by atoms with van der Waals surface area (Å²) in [7, 11) is 0. The van der Waals surface area contributed by atoms with E-state index in [1.54, 1.807) is 0 Å². The highest BCUT2D eigenvalue weighted by Gasteiger charge is 2.21. The molecular weight excluding hydrogens is 356 g/mol. The number of carbonyl (C=O) groups is 1. The molecule has 5 heteroatoms. The minimum absolute atomic E-state index is 0.176. The second-order valence-electron chi connectivity index (χ2n) is 7.09. The number of aryl methyl sites for hydroxylation is 1. The van der Waals surface area contributed by atoms with Crippen molar-refractivity contribution in [1.82, 2.24) is 9.80 Å². The lowest BCUT2D eigenvalue weighted by Crippen LogP contribution is -2.48. The van der Waals surface area contributed by atoms with E-state index in [9.17, 15) is 9.90 Å². The maximum atomic E-state index is 12.4. The van der Waals surface area contributed by atoms with Crippen molar-refractivity contribution in [1.29, 1.82) is 0 Å². The Morgan fingerprint density at radius 3 is 2.52 bits per heavy atom. The quantitative estimate of drug-likeness (QED) is 0.797. The molecule has 1 aliphatic heterocycles. The van der Waals surface area contributed by atoms with Gasteiger partial charge in [-0.05, 0) is 18.1 Å². The van der Waals surface area contributed by atoms with Crippen molar-refractivity contribution < 1.29 is 9.90 Å². The van der Waals surface area contributed by atoms with Crippen LogP contribution in [0.3, 0.4) is 0 Å².